The van der Waals surface area contributed by atoms with Gasteiger partial charge in [0, 0.05) is 12.0 Å². The fourth-order valence-corrected chi connectivity index (χ4v) is 1.74. The Bertz CT molecular complexity index is 444. The van der Waals surface area contributed by atoms with Crippen molar-refractivity contribution in [1.82, 2.24) is 0 Å². The molecule has 4 nitrogen and oxygen atoms in total. The second-order valence-corrected chi connectivity index (χ2v) is 4.56. The van der Waals surface area contributed by atoms with Crippen LogP contribution in [0.25, 0.3) is 0 Å². The van der Waals surface area contributed by atoms with Gasteiger partial charge >= 0.3 is 5.97 Å². The fraction of sp³-hybridized carbons (Fsp3) is 0.400. The van der Waals surface area contributed by atoms with Crippen LogP contribution >= 0.6 is 0 Å². The molecule has 0 N–H and O–H groups in total. The summed E-state index contributed by atoms with van der Waals surface area (Å²) >= 11 is 0. The number of carbonyl (C=O) groups excluding carboxylic acids is 1. The van der Waals surface area contributed by atoms with E-state index in [2.05, 4.69) is 6.58 Å². The predicted molar refractivity (Wildman–Crippen MR) is 71.1 cm³/mol. The molecular weight excluding hydrogens is 244 g/mol. The van der Waals surface area contributed by atoms with E-state index in [-0.39, 0.29) is 6.29 Å². The van der Waals surface area contributed by atoms with Crippen molar-refractivity contribution in [2.24, 2.45) is 0 Å². The molecule has 0 saturated carbocycles. The molecule has 0 radical (unpaired) electrons. The summed E-state index contributed by atoms with van der Waals surface area (Å²) in [5.74, 6) is 0.760. The number of benzene rings is 1. The fourth-order valence-electron chi connectivity index (χ4n) is 1.74. The van der Waals surface area contributed by atoms with Crippen LogP contribution in [0.3, 0.4) is 0 Å². The van der Waals surface area contributed by atoms with E-state index in [0.717, 1.165) is 25.9 Å². The molecule has 0 bridgehead atoms. The number of rotatable bonds is 4. The molecule has 1 fully saturated rings. The van der Waals surface area contributed by atoms with Gasteiger partial charge in [-0.15, -0.1) is 0 Å². The second-order valence-electron chi connectivity index (χ2n) is 4.56. The number of ether oxygens (including phenoxy) is 3. The van der Waals surface area contributed by atoms with Crippen LogP contribution in [0.2, 0.25) is 0 Å². The predicted octanol–water partition coefficient (Wildman–Crippen LogP) is 3.07. The molecule has 19 heavy (non-hydrogen) atoms. The lowest BCUT2D eigenvalue weighted by molar-refractivity contribution is -0.130. The molecule has 1 aliphatic heterocycles. The zero-order chi connectivity index (χ0) is 13.7. The minimum absolute atomic E-state index is 0.169. The Hall–Kier alpha value is -1.81. The molecule has 1 aliphatic rings. The second kappa shape index (κ2) is 6.38. The highest BCUT2D eigenvalue weighted by atomic mass is 16.7. The third-order valence-electron chi connectivity index (χ3n) is 2.79. The lowest BCUT2D eigenvalue weighted by Gasteiger charge is -2.23. The summed E-state index contributed by atoms with van der Waals surface area (Å²) in [5.41, 5.74) is 0.371. The summed E-state index contributed by atoms with van der Waals surface area (Å²) in [6.45, 7) is 5.89. The Labute approximate surface area is 113 Å². The van der Waals surface area contributed by atoms with Gasteiger partial charge in [-0.3, -0.25) is 0 Å². The summed E-state index contributed by atoms with van der Waals surface area (Å²) in [6, 6.07) is 6.91. The van der Waals surface area contributed by atoms with Crippen molar-refractivity contribution in [2.45, 2.75) is 32.5 Å². The van der Waals surface area contributed by atoms with Gasteiger partial charge in [0.05, 0.1) is 6.61 Å². The van der Waals surface area contributed by atoms with Crippen molar-refractivity contribution >= 4 is 5.97 Å². The first-order valence-corrected chi connectivity index (χ1v) is 6.41. The van der Waals surface area contributed by atoms with Gasteiger partial charge < -0.3 is 14.2 Å². The lowest BCUT2D eigenvalue weighted by atomic mass is 10.2. The monoisotopic (exact) mass is 262 g/mol. The van der Waals surface area contributed by atoms with E-state index in [4.69, 9.17) is 14.2 Å². The molecule has 2 rings (SSSR count). The quantitative estimate of drug-likeness (QED) is 0.475. The van der Waals surface area contributed by atoms with Crippen LogP contribution in [0, 0.1) is 0 Å². The topological polar surface area (TPSA) is 44.8 Å². The van der Waals surface area contributed by atoms with Gasteiger partial charge in [0.2, 0.25) is 0 Å². The standard InChI is InChI=1S/C15H18O4/c1-11(2)15(16)19-13-8-6-12(7-9-13)18-14-5-3-4-10-17-14/h6-9,14H,1,3-5,10H2,2H3. The van der Waals surface area contributed by atoms with Crippen LogP contribution in [0.4, 0.5) is 0 Å². The van der Waals surface area contributed by atoms with Crippen LogP contribution < -0.4 is 9.47 Å². The molecule has 1 saturated heterocycles. The van der Waals surface area contributed by atoms with Crippen LogP contribution in [-0.4, -0.2) is 18.9 Å². The maximum Gasteiger partial charge on any atom is 0.338 e. The highest BCUT2D eigenvalue weighted by molar-refractivity contribution is 5.88. The third-order valence-corrected chi connectivity index (χ3v) is 2.79. The van der Waals surface area contributed by atoms with E-state index in [1.54, 1.807) is 31.2 Å². The molecule has 0 amide bonds. The van der Waals surface area contributed by atoms with Gasteiger partial charge in [0.15, 0.2) is 6.29 Å². The lowest BCUT2D eigenvalue weighted by Crippen LogP contribution is -2.24. The van der Waals surface area contributed by atoms with Crippen LogP contribution in [0.1, 0.15) is 26.2 Å². The van der Waals surface area contributed by atoms with Gasteiger partial charge in [-0.25, -0.2) is 4.79 Å². The average Bonchev–Trinajstić information content (AvgIpc) is 2.42. The first kappa shape index (κ1) is 13.6. The number of carbonyl (C=O) groups is 1. The first-order valence-electron chi connectivity index (χ1n) is 6.41. The van der Waals surface area contributed by atoms with Crippen LogP contribution in [0.5, 0.6) is 11.5 Å². The van der Waals surface area contributed by atoms with Gasteiger partial charge in [0.1, 0.15) is 11.5 Å². The highest BCUT2D eigenvalue weighted by Crippen LogP contribution is 2.22. The van der Waals surface area contributed by atoms with E-state index in [1.165, 1.54) is 0 Å². The van der Waals surface area contributed by atoms with Gasteiger partial charge in [-0.2, -0.15) is 0 Å². The van der Waals surface area contributed by atoms with E-state index in [1.807, 2.05) is 0 Å². The molecule has 0 aromatic heterocycles. The summed E-state index contributed by atoms with van der Waals surface area (Å²) < 4.78 is 16.3. The van der Waals surface area contributed by atoms with E-state index >= 15 is 0 Å². The molecule has 102 valence electrons. The highest BCUT2D eigenvalue weighted by Gasteiger charge is 2.15. The van der Waals surface area contributed by atoms with Crippen molar-refractivity contribution in [2.75, 3.05) is 6.61 Å². The average molecular weight is 262 g/mol. The summed E-state index contributed by atoms with van der Waals surface area (Å²) in [6.07, 6.45) is 2.96. The van der Waals surface area contributed by atoms with Crippen molar-refractivity contribution in [3.05, 3.63) is 36.4 Å². The maximum atomic E-state index is 11.3. The SMILES string of the molecule is C=C(C)C(=O)Oc1ccc(OC2CCCCO2)cc1. The number of esters is 1. The van der Waals surface area contributed by atoms with Crippen LogP contribution in [-0.2, 0) is 9.53 Å². The van der Waals surface area contributed by atoms with Crippen molar-refractivity contribution in [1.29, 1.82) is 0 Å². The van der Waals surface area contributed by atoms with E-state index in [9.17, 15) is 4.79 Å². The van der Waals surface area contributed by atoms with E-state index in [0.29, 0.717) is 17.1 Å². The zero-order valence-electron chi connectivity index (χ0n) is 11.1. The summed E-state index contributed by atoms with van der Waals surface area (Å²) in [7, 11) is 0. The molecular formula is C15H18O4. The molecule has 4 heteroatoms. The Balaban J connectivity index is 1.90. The normalized spacial score (nSPS) is 18.7. The third kappa shape index (κ3) is 4.10. The molecule has 1 aromatic rings. The smallest absolute Gasteiger partial charge is 0.338 e. The molecule has 1 aromatic carbocycles. The minimum Gasteiger partial charge on any atom is -0.465 e. The van der Waals surface area contributed by atoms with Crippen molar-refractivity contribution in [3.63, 3.8) is 0 Å². The summed E-state index contributed by atoms with van der Waals surface area (Å²) in [4.78, 5) is 11.3. The van der Waals surface area contributed by atoms with Gasteiger partial charge in [0.25, 0.3) is 0 Å². The Morgan fingerprint density at radius 1 is 1.26 bits per heavy atom. The molecule has 1 unspecified atom stereocenters. The van der Waals surface area contributed by atoms with Gasteiger partial charge in [-0.05, 0) is 44.0 Å². The maximum absolute atomic E-state index is 11.3. The molecule has 0 aliphatic carbocycles. The number of hydrogen-bond acceptors (Lipinski definition) is 4. The largest absolute Gasteiger partial charge is 0.465 e. The minimum atomic E-state index is -0.427. The Morgan fingerprint density at radius 2 is 1.95 bits per heavy atom. The Morgan fingerprint density at radius 3 is 2.53 bits per heavy atom. The van der Waals surface area contributed by atoms with Gasteiger partial charge in [-0.1, -0.05) is 6.58 Å². The first-order chi connectivity index (χ1) is 9.15. The Kier molecular flexibility index (Phi) is 4.58. The molecule has 1 atom stereocenters. The van der Waals surface area contributed by atoms with Crippen molar-refractivity contribution < 1.29 is 19.0 Å². The summed E-state index contributed by atoms with van der Waals surface area (Å²) in [5, 5.41) is 0. The van der Waals surface area contributed by atoms with E-state index < -0.39 is 5.97 Å². The zero-order valence-corrected chi connectivity index (χ0v) is 11.1. The molecule has 1 heterocycles. The molecule has 0 spiro atoms. The van der Waals surface area contributed by atoms with Crippen LogP contribution in [0.15, 0.2) is 36.4 Å². The van der Waals surface area contributed by atoms with Crippen molar-refractivity contribution in [3.8, 4) is 11.5 Å². The number of hydrogen-bond donors (Lipinski definition) is 0.